The topological polar surface area (TPSA) is 98.5 Å². The minimum Gasteiger partial charge on any atom is -1.00 e. The van der Waals surface area contributed by atoms with Crippen LogP contribution in [-0.2, 0) is 19.1 Å². The highest BCUT2D eigenvalue weighted by molar-refractivity contribution is 5.87. The third-order valence-corrected chi connectivity index (χ3v) is 3.37. The second-order valence-corrected chi connectivity index (χ2v) is 10.1. The van der Waals surface area contributed by atoms with Crippen molar-refractivity contribution >= 4 is 17.8 Å². The summed E-state index contributed by atoms with van der Waals surface area (Å²) in [5.41, 5.74) is 5.10. The van der Waals surface area contributed by atoms with Crippen molar-refractivity contribution in [2.45, 2.75) is 20.8 Å². The maximum Gasteiger partial charge on any atom is 0.333 e. The molecule has 0 bridgehead atoms. The summed E-state index contributed by atoms with van der Waals surface area (Å²) in [7, 11) is 12.6. The second kappa shape index (κ2) is 19.6. The Labute approximate surface area is 213 Å². The number of carbonyl (C=O) groups is 3. The summed E-state index contributed by atoms with van der Waals surface area (Å²) in [5.74, 6) is -0.882. The molecule has 0 spiro atoms. The van der Waals surface area contributed by atoms with Gasteiger partial charge in [-0.3, -0.25) is 9.59 Å². The van der Waals surface area contributed by atoms with Gasteiger partial charge in [0.15, 0.2) is 0 Å². The van der Waals surface area contributed by atoms with Crippen molar-refractivity contribution in [1.29, 1.82) is 0 Å². The highest BCUT2D eigenvalue weighted by Crippen LogP contribution is 2.17. The minimum absolute atomic E-state index is 0. The Bertz CT molecular complexity index is 623. The average Bonchev–Trinajstić information content (AvgIpc) is 2.57. The van der Waals surface area contributed by atoms with E-state index in [2.05, 4.69) is 86.9 Å². The molecule has 0 aromatic rings. The number of halogens is 2. The Morgan fingerprint density at radius 3 is 1.67 bits per heavy atom. The SMILES string of the molecule is C=C(C)C(=O)OCC[N+](C)(C)C.C=CC(=O)NCC(C)(C)C[N+](C)(C)C.C=CC(N)=O.[Cl-].[Cl-]. The van der Waals surface area contributed by atoms with Gasteiger partial charge in [0.2, 0.25) is 11.8 Å². The second-order valence-electron chi connectivity index (χ2n) is 10.1. The number of rotatable bonds is 10. The zero-order valence-electron chi connectivity index (χ0n) is 22.0. The van der Waals surface area contributed by atoms with E-state index in [1.807, 2.05) is 0 Å². The van der Waals surface area contributed by atoms with Crippen LogP contribution >= 0.6 is 0 Å². The van der Waals surface area contributed by atoms with Crippen molar-refractivity contribution in [2.75, 3.05) is 68.5 Å². The number of esters is 1. The van der Waals surface area contributed by atoms with E-state index >= 15 is 0 Å². The van der Waals surface area contributed by atoms with Gasteiger partial charge >= 0.3 is 5.97 Å². The number of quaternary nitrogens is 2. The third-order valence-electron chi connectivity index (χ3n) is 3.37. The third kappa shape index (κ3) is 37.8. The molecule has 3 N–H and O–H groups in total. The Hall–Kier alpha value is -1.87. The van der Waals surface area contributed by atoms with Crippen LogP contribution in [0.25, 0.3) is 0 Å². The van der Waals surface area contributed by atoms with E-state index in [1.165, 1.54) is 6.08 Å². The molecule has 0 heterocycles. The summed E-state index contributed by atoms with van der Waals surface area (Å²) in [6.45, 7) is 18.9. The van der Waals surface area contributed by atoms with E-state index in [0.717, 1.165) is 28.1 Å². The number of amides is 2. The summed E-state index contributed by atoms with van der Waals surface area (Å²) < 4.78 is 6.62. The van der Waals surface area contributed by atoms with E-state index in [4.69, 9.17) is 4.74 Å². The quantitative estimate of drug-likeness (QED) is 0.175. The number of primary amides is 1. The molecule has 33 heavy (non-hydrogen) atoms. The lowest BCUT2D eigenvalue weighted by atomic mass is 9.92. The van der Waals surface area contributed by atoms with Gasteiger partial charge in [-0.25, -0.2) is 4.79 Å². The van der Waals surface area contributed by atoms with E-state index in [0.29, 0.717) is 18.7 Å². The standard InChI is InChI=1S/C11H22N2O.C9H18NO2.C3H5NO.2ClH/c1-7-10(14)12-8-11(2,3)9-13(4,5)6;1-8(2)9(11)12-7-6-10(3,4)5;1-2-3(4)5;;/h7H,1,8-9H2,2-6H3;1,6-7H2,2-5H3;2H,1H2,(H2,4,5);2*1H/q;+1;;;/p-1. The van der Waals surface area contributed by atoms with Gasteiger partial charge in [-0.15, -0.1) is 0 Å². The summed E-state index contributed by atoms with van der Waals surface area (Å²) in [5, 5.41) is 2.83. The predicted molar refractivity (Wildman–Crippen MR) is 128 cm³/mol. The molecule has 0 saturated carbocycles. The van der Waals surface area contributed by atoms with Crippen molar-refractivity contribution in [3.05, 3.63) is 37.5 Å². The Kier molecular flexibility index (Phi) is 24.6. The highest BCUT2D eigenvalue weighted by atomic mass is 35.5. The molecule has 0 aromatic heterocycles. The number of nitrogens with two attached hydrogens (primary N) is 1. The van der Waals surface area contributed by atoms with Gasteiger partial charge in [-0.2, -0.15) is 0 Å². The lowest BCUT2D eigenvalue weighted by Crippen LogP contribution is -3.00. The molecular weight excluding hydrogens is 467 g/mol. The average molecular weight is 514 g/mol. The number of hydrogen-bond acceptors (Lipinski definition) is 4. The van der Waals surface area contributed by atoms with Crippen molar-refractivity contribution < 1.29 is 52.9 Å². The Morgan fingerprint density at radius 1 is 0.970 bits per heavy atom. The first-order valence-electron chi connectivity index (χ1n) is 10.0. The van der Waals surface area contributed by atoms with Crippen LogP contribution in [0, 0.1) is 5.41 Å². The van der Waals surface area contributed by atoms with Crippen molar-refractivity contribution in [3.63, 3.8) is 0 Å². The first-order chi connectivity index (χ1) is 13.8. The van der Waals surface area contributed by atoms with Crippen molar-refractivity contribution in [2.24, 2.45) is 11.1 Å². The molecule has 196 valence electrons. The van der Waals surface area contributed by atoms with Gasteiger partial charge in [0.1, 0.15) is 13.2 Å². The van der Waals surface area contributed by atoms with Crippen LogP contribution in [0.4, 0.5) is 0 Å². The van der Waals surface area contributed by atoms with Crippen molar-refractivity contribution in [3.8, 4) is 0 Å². The minimum atomic E-state index is -0.481. The summed E-state index contributed by atoms with van der Waals surface area (Å²) in [4.78, 5) is 31.4. The van der Waals surface area contributed by atoms with Gasteiger partial charge in [-0.05, 0) is 19.1 Å². The van der Waals surface area contributed by atoms with Crippen molar-refractivity contribution in [1.82, 2.24) is 5.32 Å². The monoisotopic (exact) mass is 512 g/mol. The van der Waals surface area contributed by atoms with Gasteiger partial charge in [0.05, 0.1) is 48.8 Å². The molecule has 0 aromatic carbocycles. The maximum atomic E-state index is 11.0. The number of nitrogens with zero attached hydrogens (tertiary/aromatic N) is 2. The van der Waals surface area contributed by atoms with Gasteiger partial charge < -0.3 is 49.6 Å². The smallest absolute Gasteiger partial charge is 0.333 e. The molecule has 0 fully saturated rings. The molecular formula is C23H46Cl2N4O4. The zero-order valence-corrected chi connectivity index (χ0v) is 23.5. The normalized spacial score (nSPS) is 10.2. The molecule has 2 amide bonds. The Balaban J connectivity index is -0.000000126. The van der Waals surface area contributed by atoms with Crippen LogP contribution in [0.1, 0.15) is 20.8 Å². The van der Waals surface area contributed by atoms with E-state index in [9.17, 15) is 14.4 Å². The fraction of sp³-hybridized carbons (Fsp3) is 0.609. The molecule has 0 aliphatic heterocycles. The first kappa shape index (κ1) is 41.4. The molecule has 8 nitrogen and oxygen atoms in total. The molecule has 0 aliphatic carbocycles. The maximum absolute atomic E-state index is 11.0. The lowest BCUT2D eigenvalue weighted by Gasteiger charge is -2.34. The van der Waals surface area contributed by atoms with Crippen LogP contribution in [0.3, 0.4) is 0 Å². The largest absolute Gasteiger partial charge is 1.00 e. The molecule has 0 unspecified atom stereocenters. The number of carbonyl (C=O) groups excluding carboxylic acids is 3. The molecule has 10 heteroatoms. The fourth-order valence-corrected chi connectivity index (χ4v) is 2.27. The van der Waals surface area contributed by atoms with E-state index in [-0.39, 0.29) is 42.1 Å². The van der Waals surface area contributed by atoms with Crippen LogP contribution in [0.2, 0.25) is 0 Å². The number of ether oxygens (including phenoxy) is 1. The Morgan fingerprint density at radius 2 is 1.39 bits per heavy atom. The van der Waals surface area contributed by atoms with Crippen LogP contribution in [0.15, 0.2) is 37.5 Å². The van der Waals surface area contributed by atoms with Gasteiger partial charge in [0.25, 0.3) is 0 Å². The number of nitrogens with one attached hydrogen (secondary N) is 1. The summed E-state index contributed by atoms with van der Waals surface area (Å²) in [6.07, 6.45) is 2.36. The molecule has 0 aliphatic rings. The summed E-state index contributed by atoms with van der Waals surface area (Å²) >= 11 is 0. The van der Waals surface area contributed by atoms with E-state index in [1.54, 1.807) is 6.92 Å². The van der Waals surface area contributed by atoms with Gasteiger partial charge in [-0.1, -0.05) is 33.6 Å². The first-order valence-corrected chi connectivity index (χ1v) is 10.0. The molecule has 0 saturated heterocycles. The number of likely N-dealkylation sites (N-methyl/N-ethyl adjacent to an activating group) is 1. The fourth-order valence-electron chi connectivity index (χ4n) is 2.27. The van der Waals surface area contributed by atoms with Crippen LogP contribution in [-0.4, -0.2) is 95.3 Å². The van der Waals surface area contributed by atoms with Gasteiger partial charge in [0, 0.05) is 17.5 Å². The molecule has 0 rings (SSSR count). The molecule has 0 radical (unpaired) electrons. The zero-order chi connectivity index (χ0) is 25.5. The predicted octanol–water partition coefficient (Wildman–Crippen LogP) is -4.50. The lowest BCUT2D eigenvalue weighted by molar-refractivity contribution is -0.876. The van der Waals surface area contributed by atoms with Crippen LogP contribution < -0.4 is 35.9 Å². The highest BCUT2D eigenvalue weighted by Gasteiger charge is 2.26. The number of hydrogen-bond donors (Lipinski definition) is 2. The summed E-state index contributed by atoms with van der Waals surface area (Å²) in [6, 6.07) is 0. The van der Waals surface area contributed by atoms with Crippen LogP contribution in [0.5, 0.6) is 0 Å². The van der Waals surface area contributed by atoms with E-state index < -0.39 is 5.91 Å². The molecule has 0 atom stereocenters.